The van der Waals surface area contributed by atoms with Crippen LogP contribution in [0, 0.1) is 0 Å². The maximum absolute atomic E-state index is 12.5. The maximum atomic E-state index is 12.5. The normalized spacial score (nSPS) is 12.0. The Morgan fingerprint density at radius 3 is 2.47 bits per heavy atom. The number of carbonyl (C=O) groups is 1. The molecule has 1 heterocycles. The molecule has 0 spiro atoms. The highest BCUT2D eigenvalue weighted by molar-refractivity contribution is 7.09. The van der Waals surface area contributed by atoms with Crippen molar-refractivity contribution in [1.29, 1.82) is 0 Å². The van der Waals surface area contributed by atoms with Gasteiger partial charge < -0.3 is 10.2 Å². The molecule has 1 atom stereocenters. The zero-order chi connectivity index (χ0) is 22.9. The second-order valence-electron chi connectivity index (χ2n) is 8.33. The van der Waals surface area contributed by atoms with Crippen molar-refractivity contribution in [3.05, 3.63) is 76.6 Å². The van der Waals surface area contributed by atoms with Gasteiger partial charge in [0.25, 0.3) is 0 Å². The number of anilines is 1. The molecular formula is C25H31ClN4OS. The Morgan fingerprint density at radius 2 is 1.78 bits per heavy atom. The minimum absolute atomic E-state index is 0.0714. The molecule has 2 aromatic carbocycles. The number of nitrogens with zero attached hydrogens (tertiary/aromatic N) is 3. The van der Waals surface area contributed by atoms with E-state index in [1.54, 1.807) is 0 Å². The van der Waals surface area contributed by atoms with Crippen LogP contribution in [0.25, 0.3) is 0 Å². The van der Waals surface area contributed by atoms with Crippen LogP contribution in [-0.2, 0) is 17.6 Å². The molecule has 1 amide bonds. The number of aryl methyl sites for hydroxylation is 1. The first-order valence-corrected chi connectivity index (χ1v) is 12.2. The topological polar surface area (TPSA) is 58.1 Å². The minimum Gasteiger partial charge on any atom is -0.354 e. The molecule has 1 N–H and O–H groups in total. The smallest absolute Gasteiger partial charge is 0.221 e. The van der Waals surface area contributed by atoms with E-state index < -0.39 is 0 Å². The van der Waals surface area contributed by atoms with Crippen molar-refractivity contribution in [2.45, 2.75) is 58.5 Å². The van der Waals surface area contributed by atoms with E-state index in [4.69, 9.17) is 16.6 Å². The first-order chi connectivity index (χ1) is 15.4. The third-order valence-electron chi connectivity index (χ3n) is 5.30. The minimum atomic E-state index is 0.0714. The van der Waals surface area contributed by atoms with Gasteiger partial charge in [0.15, 0.2) is 0 Å². The van der Waals surface area contributed by atoms with Gasteiger partial charge in [0.2, 0.25) is 11.0 Å². The number of nitrogens with one attached hydrogen (secondary N) is 1. The van der Waals surface area contributed by atoms with Crippen LogP contribution in [0.5, 0.6) is 0 Å². The van der Waals surface area contributed by atoms with Gasteiger partial charge in [0, 0.05) is 48.0 Å². The molecule has 0 radical (unpaired) electrons. The van der Waals surface area contributed by atoms with Gasteiger partial charge in [0.05, 0.1) is 0 Å². The van der Waals surface area contributed by atoms with Gasteiger partial charge in [-0.15, -0.1) is 0 Å². The summed E-state index contributed by atoms with van der Waals surface area (Å²) in [5, 5.41) is 4.71. The molecule has 1 aromatic heterocycles. The van der Waals surface area contributed by atoms with E-state index in [0.717, 1.165) is 34.4 Å². The van der Waals surface area contributed by atoms with Gasteiger partial charge in [-0.25, -0.2) is 4.98 Å². The predicted molar refractivity (Wildman–Crippen MR) is 134 cm³/mol. The molecule has 0 aliphatic rings. The molecule has 0 saturated carbocycles. The number of rotatable bonds is 11. The van der Waals surface area contributed by atoms with E-state index in [2.05, 4.69) is 47.5 Å². The first kappa shape index (κ1) is 24.2. The first-order valence-electron chi connectivity index (χ1n) is 11.1. The van der Waals surface area contributed by atoms with Gasteiger partial charge >= 0.3 is 0 Å². The van der Waals surface area contributed by atoms with E-state index in [0.29, 0.717) is 19.4 Å². The zero-order valence-corrected chi connectivity index (χ0v) is 20.5. The Kier molecular flexibility index (Phi) is 9.06. The molecule has 0 aliphatic heterocycles. The van der Waals surface area contributed by atoms with Crippen LogP contribution in [0.2, 0.25) is 5.02 Å². The summed E-state index contributed by atoms with van der Waals surface area (Å²) < 4.78 is 4.52. The SMILES string of the molecule is CC(CCc1ccccc1)NC(=O)CCN(c1nc(Cc2ccc(Cl)cc2)ns1)C(C)C. The summed E-state index contributed by atoms with van der Waals surface area (Å²) >= 11 is 7.35. The van der Waals surface area contributed by atoms with Crippen molar-refractivity contribution >= 4 is 34.2 Å². The highest BCUT2D eigenvalue weighted by Crippen LogP contribution is 2.22. The summed E-state index contributed by atoms with van der Waals surface area (Å²) in [7, 11) is 0. The van der Waals surface area contributed by atoms with Crippen LogP contribution in [-0.4, -0.2) is 33.9 Å². The van der Waals surface area contributed by atoms with Crippen LogP contribution >= 0.6 is 23.1 Å². The van der Waals surface area contributed by atoms with Crippen molar-refractivity contribution in [1.82, 2.24) is 14.7 Å². The fraction of sp³-hybridized carbons (Fsp3) is 0.400. The van der Waals surface area contributed by atoms with E-state index >= 15 is 0 Å². The number of carbonyl (C=O) groups excluding carboxylic acids is 1. The summed E-state index contributed by atoms with van der Waals surface area (Å²) in [6.45, 7) is 6.90. The molecule has 3 rings (SSSR count). The van der Waals surface area contributed by atoms with Gasteiger partial charge in [0.1, 0.15) is 5.82 Å². The number of halogens is 1. The summed E-state index contributed by atoms with van der Waals surface area (Å²) in [5.74, 6) is 0.860. The van der Waals surface area contributed by atoms with E-state index in [1.807, 2.05) is 42.5 Å². The zero-order valence-electron chi connectivity index (χ0n) is 18.9. The molecule has 0 aliphatic carbocycles. The molecule has 0 fully saturated rings. The van der Waals surface area contributed by atoms with Crippen molar-refractivity contribution in [2.75, 3.05) is 11.4 Å². The Balaban J connectivity index is 1.49. The monoisotopic (exact) mass is 470 g/mol. The lowest BCUT2D eigenvalue weighted by molar-refractivity contribution is -0.121. The number of amides is 1. The van der Waals surface area contributed by atoms with E-state index in [-0.39, 0.29) is 18.0 Å². The third-order valence-corrected chi connectivity index (χ3v) is 6.34. The molecule has 0 bridgehead atoms. The molecule has 7 heteroatoms. The van der Waals surface area contributed by atoms with Crippen molar-refractivity contribution in [3.8, 4) is 0 Å². The number of hydrogen-bond donors (Lipinski definition) is 1. The number of benzene rings is 2. The maximum Gasteiger partial charge on any atom is 0.221 e. The van der Waals surface area contributed by atoms with Crippen molar-refractivity contribution in [2.24, 2.45) is 0 Å². The fourth-order valence-electron chi connectivity index (χ4n) is 3.46. The van der Waals surface area contributed by atoms with Crippen LogP contribution in [0.15, 0.2) is 54.6 Å². The van der Waals surface area contributed by atoms with Crippen LogP contribution in [0.4, 0.5) is 5.13 Å². The van der Waals surface area contributed by atoms with Gasteiger partial charge in [-0.3, -0.25) is 4.79 Å². The van der Waals surface area contributed by atoms with Crippen molar-refractivity contribution < 1.29 is 4.79 Å². The number of hydrogen-bond acceptors (Lipinski definition) is 5. The third kappa shape index (κ3) is 7.61. The average molecular weight is 471 g/mol. The standard InChI is InChI=1S/C25H31ClN4OS/c1-18(2)30(25-28-23(29-32-25)17-21-11-13-22(26)14-12-21)16-15-24(31)27-19(3)9-10-20-7-5-4-6-8-20/h4-8,11-14,18-19H,9-10,15-17H2,1-3H3,(H,27,31). The Labute approximate surface area is 200 Å². The summed E-state index contributed by atoms with van der Waals surface area (Å²) in [6.07, 6.45) is 2.98. The summed E-state index contributed by atoms with van der Waals surface area (Å²) in [5.41, 5.74) is 2.42. The fourth-order valence-corrected chi connectivity index (χ4v) is 4.43. The van der Waals surface area contributed by atoms with Crippen molar-refractivity contribution in [3.63, 3.8) is 0 Å². The average Bonchev–Trinajstić information content (AvgIpc) is 3.22. The lowest BCUT2D eigenvalue weighted by atomic mass is 10.1. The second kappa shape index (κ2) is 12.0. The molecule has 0 saturated heterocycles. The summed E-state index contributed by atoms with van der Waals surface area (Å²) in [4.78, 5) is 19.4. The van der Waals surface area contributed by atoms with Crippen LogP contribution < -0.4 is 10.2 Å². The highest BCUT2D eigenvalue weighted by Gasteiger charge is 2.18. The Bertz CT molecular complexity index is 975. The Hall–Kier alpha value is -2.44. The largest absolute Gasteiger partial charge is 0.354 e. The lowest BCUT2D eigenvalue weighted by Gasteiger charge is -2.25. The quantitative estimate of drug-likeness (QED) is 0.400. The molecular weight excluding hydrogens is 440 g/mol. The second-order valence-corrected chi connectivity index (χ2v) is 9.49. The molecule has 5 nitrogen and oxygen atoms in total. The number of aromatic nitrogens is 2. The van der Waals surface area contributed by atoms with Gasteiger partial charge in [-0.05, 0) is 56.9 Å². The lowest BCUT2D eigenvalue weighted by Crippen LogP contribution is -2.38. The highest BCUT2D eigenvalue weighted by atomic mass is 35.5. The molecule has 1 unspecified atom stereocenters. The van der Waals surface area contributed by atoms with Crippen LogP contribution in [0.1, 0.15) is 50.6 Å². The summed E-state index contributed by atoms with van der Waals surface area (Å²) in [6, 6.07) is 18.5. The van der Waals surface area contributed by atoms with E-state index in [9.17, 15) is 4.79 Å². The molecule has 170 valence electrons. The molecule has 3 aromatic rings. The van der Waals surface area contributed by atoms with Crippen LogP contribution in [0.3, 0.4) is 0 Å². The van der Waals surface area contributed by atoms with Gasteiger partial charge in [-0.1, -0.05) is 54.1 Å². The predicted octanol–water partition coefficient (Wildman–Crippen LogP) is 5.52. The molecule has 32 heavy (non-hydrogen) atoms. The Morgan fingerprint density at radius 1 is 1.06 bits per heavy atom. The van der Waals surface area contributed by atoms with E-state index in [1.165, 1.54) is 17.1 Å². The van der Waals surface area contributed by atoms with Gasteiger partial charge in [-0.2, -0.15) is 4.37 Å².